The summed E-state index contributed by atoms with van der Waals surface area (Å²) >= 11 is 0. The highest BCUT2D eigenvalue weighted by Crippen LogP contribution is 2.10. The fraction of sp³-hybridized carbons (Fsp3) is 0.333. The molecule has 1 aromatic rings. The van der Waals surface area contributed by atoms with E-state index in [2.05, 4.69) is 5.32 Å². The molecule has 0 spiro atoms. The molecule has 0 bridgehead atoms. The monoisotopic (exact) mass is 239 g/mol. The Morgan fingerprint density at radius 1 is 1.47 bits per heavy atom. The van der Waals surface area contributed by atoms with Gasteiger partial charge in [0.25, 0.3) is 5.91 Å². The SMILES string of the molecule is Cc1cc(F)ccc1C(=O)NC(C)CC(=O)O. The first kappa shape index (κ1) is 13.2. The van der Waals surface area contributed by atoms with E-state index in [1.54, 1.807) is 13.8 Å². The van der Waals surface area contributed by atoms with Gasteiger partial charge in [0.1, 0.15) is 5.82 Å². The van der Waals surface area contributed by atoms with Gasteiger partial charge in [-0.2, -0.15) is 0 Å². The number of nitrogens with one attached hydrogen (secondary N) is 1. The van der Waals surface area contributed by atoms with Crippen LogP contribution in [0.5, 0.6) is 0 Å². The van der Waals surface area contributed by atoms with Crippen LogP contribution in [0.4, 0.5) is 4.39 Å². The molecule has 92 valence electrons. The summed E-state index contributed by atoms with van der Waals surface area (Å²) in [5.41, 5.74) is 0.869. The molecule has 0 saturated carbocycles. The number of carbonyl (C=O) groups excluding carboxylic acids is 1. The second-order valence-corrected chi connectivity index (χ2v) is 3.93. The average molecular weight is 239 g/mol. The molecule has 4 nitrogen and oxygen atoms in total. The van der Waals surface area contributed by atoms with Crippen LogP contribution in [0.15, 0.2) is 18.2 Å². The number of carbonyl (C=O) groups is 2. The predicted octanol–water partition coefficient (Wildman–Crippen LogP) is 1.73. The molecule has 1 aromatic carbocycles. The zero-order chi connectivity index (χ0) is 13.0. The Labute approximate surface area is 98.5 Å². The van der Waals surface area contributed by atoms with Crippen molar-refractivity contribution >= 4 is 11.9 Å². The maximum atomic E-state index is 12.8. The second kappa shape index (κ2) is 5.43. The normalized spacial score (nSPS) is 11.9. The van der Waals surface area contributed by atoms with Gasteiger partial charge in [-0.3, -0.25) is 9.59 Å². The van der Waals surface area contributed by atoms with E-state index in [0.29, 0.717) is 11.1 Å². The molecule has 0 heterocycles. The maximum Gasteiger partial charge on any atom is 0.305 e. The van der Waals surface area contributed by atoms with Gasteiger partial charge in [-0.25, -0.2) is 4.39 Å². The molecule has 0 aliphatic heterocycles. The van der Waals surface area contributed by atoms with Crippen molar-refractivity contribution < 1.29 is 19.1 Å². The summed E-state index contributed by atoms with van der Waals surface area (Å²) in [5, 5.41) is 11.1. The topological polar surface area (TPSA) is 66.4 Å². The zero-order valence-electron chi connectivity index (χ0n) is 9.66. The Kier molecular flexibility index (Phi) is 4.20. The number of amides is 1. The van der Waals surface area contributed by atoms with Crippen molar-refractivity contribution in [1.82, 2.24) is 5.32 Å². The van der Waals surface area contributed by atoms with Crippen molar-refractivity contribution in [3.8, 4) is 0 Å². The summed E-state index contributed by atoms with van der Waals surface area (Å²) in [5.74, 6) is -1.78. The first-order valence-corrected chi connectivity index (χ1v) is 5.19. The number of halogens is 1. The largest absolute Gasteiger partial charge is 0.481 e. The van der Waals surface area contributed by atoms with Crippen LogP contribution in [-0.4, -0.2) is 23.0 Å². The molecule has 0 saturated heterocycles. The van der Waals surface area contributed by atoms with Crippen LogP contribution in [0.2, 0.25) is 0 Å². The summed E-state index contributed by atoms with van der Waals surface area (Å²) in [6.07, 6.45) is -0.147. The lowest BCUT2D eigenvalue weighted by Crippen LogP contribution is -2.34. The number of hydrogen-bond donors (Lipinski definition) is 2. The zero-order valence-corrected chi connectivity index (χ0v) is 9.66. The lowest BCUT2D eigenvalue weighted by Gasteiger charge is -2.12. The predicted molar refractivity (Wildman–Crippen MR) is 60.3 cm³/mol. The number of rotatable bonds is 4. The van der Waals surface area contributed by atoms with E-state index in [-0.39, 0.29) is 6.42 Å². The van der Waals surface area contributed by atoms with Crippen molar-refractivity contribution in [2.24, 2.45) is 0 Å². The molecule has 1 atom stereocenters. The quantitative estimate of drug-likeness (QED) is 0.840. The number of hydrogen-bond acceptors (Lipinski definition) is 2. The first-order chi connectivity index (χ1) is 7.90. The van der Waals surface area contributed by atoms with Crippen LogP contribution in [0.1, 0.15) is 29.3 Å². The average Bonchev–Trinajstić information content (AvgIpc) is 2.15. The van der Waals surface area contributed by atoms with E-state index in [1.807, 2.05) is 0 Å². The lowest BCUT2D eigenvalue weighted by atomic mass is 10.1. The van der Waals surface area contributed by atoms with Crippen molar-refractivity contribution in [1.29, 1.82) is 0 Å². The maximum absolute atomic E-state index is 12.8. The van der Waals surface area contributed by atoms with Gasteiger partial charge in [0, 0.05) is 11.6 Å². The molecule has 0 aliphatic rings. The molecule has 1 amide bonds. The minimum atomic E-state index is -0.978. The third kappa shape index (κ3) is 3.86. The third-order valence-electron chi connectivity index (χ3n) is 2.29. The van der Waals surface area contributed by atoms with Crippen molar-refractivity contribution in [2.45, 2.75) is 26.3 Å². The lowest BCUT2D eigenvalue weighted by molar-refractivity contribution is -0.137. The fourth-order valence-corrected chi connectivity index (χ4v) is 1.50. The fourth-order valence-electron chi connectivity index (χ4n) is 1.50. The number of aryl methyl sites for hydroxylation is 1. The molecule has 1 rings (SSSR count). The molecule has 5 heteroatoms. The van der Waals surface area contributed by atoms with Gasteiger partial charge in [-0.05, 0) is 37.6 Å². The number of benzene rings is 1. The Morgan fingerprint density at radius 2 is 2.12 bits per heavy atom. The van der Waals surface area contributed by atoms with Gasteiger partial charge in [-0.15, -0.1) is 0 Å². The van der Waals surface area contributed by atoms with Gasteiger partial charge in [-0.1, -0.05) is 0 Å². The van der Waals surface area contributed by atoms with Crippen LogP contribution < -0.4 is 5.32 Å². The van der Waals surface area contributed by atoms with E-state index in [4.69, 9.17) is 5.11 Å². The third-order valence-corrected chi connectivity index (χ3v) is 2.29. The second-order valence-electron chi connectivity index (χ2n) is 3.93. The highest BCUT2D eigenvalue weighted by atomic mass is 19.1. The first-order valence-electron chi connectivity index (χ1n) is 5.19. The van der Waals surface area contributed by atoms with E-state index < -0.39 is 23.7 Å². The number of aliphatic carboxylic acids is 1. The number of carboxylic acid groups (broad SMARTS) is 1. The smallest absolute Gasteiger partial charge is 0.305 e. The van der Waals surface area contributed by atoms with Gasteiger partial charge in [0.15, 0.2) is 0 Å². The summed E-state index contributed by atoms with van der Waals surface area (Å²) < 4.78 is 12.8. The number of carboxylic acids is 1. The molecular weight excluding hydrogens is 225 g/mol. The summed E-state index contributed by atoms with van der Waals surface area (Å²) in [4.78, 5) is 22.2. The minimum Gasteiger partial charge on any atom is -0.481 e. The van der Waals surface area contributed by atoms with Crippen molar-refractivity contribution in [2.75, 3.05) is 0 Å². The Hall–Kier alpha value is -1.91. The van der Waals surface area contributed by atoms with Gasteiger partial charge in [0.05, 0.1) is 6.42 Å². The standard InChI is InChI=1S/C12H14FNO3/c1-7-5-9(13)3-4-10(7)12(17)14-8(2)6-11(15)16/h3-5,8H,6H2,1-2H3,(H,14,17)(H,15,16). The van der Waals surface area contributed by atoms with Crippen LogP contribution in [0.25, 0.3) is 0 Å². The molecular formula is C12H14FNO3. The van der Waals surface area contributed by atoms with E-state index >= 15 is 0 Å². The van der Waals surface area contributed by atoms with E-state index in [9.17, 15) is 14.0 Å². The summed E-state index contributed by atoms with van der Waals surface area (Å²) in [7, 11) is 0. The minimum absolute atomic E-state index is 0.147. The highest BCUT2D eigenvalue weighted by molar-refractivity contribution is 5.95. The Balaban J connectivity index is 2.73. The molecule has 1 unspecified atom stereocenters. The molecule has 0 aliphatic carbocycles. The van der Waals surface area contributed by atoms with E-state index in [0.717, 1.165) is 0 Å². The van der Waals surface area contributed by atoms with Crippen LogP contribution >= 0.6 is 0 Å². The van der Waals surface area contributed by atoms with Crippen LogP contribution in [-0.2, 0) is 4.79 Å². The molecule has 0 fully saturated rings. The molecule has 0 aromatic heterocycles. The highest BCUT2D eigenvalue weighted by Gasteiger charge is 2.14. The van der Waals surface area contributed by atoms with Gasteiger partial charge < -0.3 is 10.4 Å². The molecule has 2 N–H and O–H groups in total. The van der Waals surface area contributed by atoms with Crippen LogP contribution in [0, 0.1) is 12.7 Å². The van der Waals surface area contributed by atoms with Crippen molar-refractivity contribution in [3.63, 3.8) is 0 Å². The van der Waals surface area contributed by atoms with Crippen molar-refractivity contribution in [3.05, 3.63) is 35.1 Å². The Bertz CT molecular complexity index is 445. The van der Waals surface area contributed by atoms with Crippen LogP contribution in [0.3, 0.4) is 0 Å². The Morgan fingerprint density at radius 3 is 2.65 bits per heavy atom. The molecule has 17 heavy (non-hydrogen) atoms. The summed E-state index contributed by atoms with van der Waals surface area (Å²) in [6, 6.07) is 3.37. The summed E-state index contributed by atoms with van der Waals surface area (Å²) in [6.45, 7) is 3.23. The molecule has 0 radical (unpaired) electrons. The van der Waals surface area contributed by atoms with Gasteiger partial charge >= 0.3 is 5.97 Å². The van der Waals surface area contributed by atoms with E-state index in [1.165, 1.54) is 18.2 Å². The van der Waals surface area contributed by atoms with Gasteiger partial charge in [0.2, 0.25) is 0 Å².